The van der Waals surface area contributed by atoms with Crippen molar-refractivity contribution in [3.8, 4) is 11.5 Å². The molecule has 1 aliphatic rings. The zero-order chi connectivity index (χ0) is 27.1. The normalized spacial score (nSPS) is 14.7. The first-order valence-corrected chi connectivity index (χ1v) is 12.2. The number of amides is 1. The molecule has 0 saturated carbocycles. The number of nitrogens with zero attached hydrogens (tertiary/aromatic N) is 1. The van der Waals surface area contributed by atoms with Crippen molar-refractivity contribution in [2.75, 3.05) is 18.6 Å². The third-order valence-electron chi connectivity index (χ3n) is 6.46. The van der Waals surface area contributed by atoms with Gasteiger partial charge >= 0.3 is 0 Å². The van der Waals surface area contributed by atoms with E-state index in [9.17, 15) is 18.8 Å². The zero-order valence-electron chi connectivity index (χ0n) is 21.4. The summed E-state index contributed by atoms with van der Waals surface area (Å²) >= 11 is 0. The molecule has 5 rings (SSSR count). The van der Waals surface area contributed by atoms with Crippen LogP contribution in [0.1, 0.15) is 58.9 Å². The molecule has 0 aliphatic carbocycles. The molecule has 0 radical (unpaired) electrons. The number of rotatable bonds is 7. The van der Waals surface area contributed by atoms with E-state index in [0.717, 1.165) is 6.07 Å². The highest BCUT2D eigenvalue weighted by molar-refractivity contribution is 6.11. The first-order chi connectivity index (χ1) is 18.2. The van der Waals surface area contributed by atoms with E-state index >= 15 is 0 Å². The Morgan fingerprint density at radius 2 is 1.76 bits per heavy atom. The van der Waals surface area contributed by atoms with Gasteiger partial charge in [-0.3, -0.25) is 19.3 Å². The standard InChI is InChI=1S/C30H26FNO6/c1-16(2)15-37-24-11-7-19(13-25(24)36-4)27-26-28(34)22-14-20(31)8-12-23(22)38-29(26)30(35)32(27)21-9-5-18(6-10-21)17(3)33/h5-14,16,27H,15H2,1-4H3. The largest absolute Gasteiger partial charge is 0.493 e. The molecular formula is C30H26FNO6. The average molecular weight is 516 g/mol. The fourth-order valence-electron chi connectivity index (χ4n) is 4.61. The fourth-order valence-corrected chi connectivity index (χ4v) is 4.61. The predicted octanol–water partition coefficient (Wildman–Crippen LogP) is 5.93. The molecule has 1 amide bonds. The van der Waals surface area contributed by atoms with E-state index in [1.807, 2.05) is 13.8 Å². The van der Waals surface area contributed by atoms with E-state index in [1.54, 1.807) is 42.5 Å². The lowest BCUT2D eigenvalue weighted by Gasteiger charge is -2.26. The second-order valence-corrected chi connectivity index (χ2v) is 9.61. The average Bonchev–Trinajstić information content (AvgIpc) is 3.20. The quantitative estimate of drug-likeness (QED) is 0.284. The number of methoxy groups -OCH3 is 1. The first-order valence-electron chi connectivity index (χ1n) is 12.2. The highest BCUT2D eigenvalue weighted by Crippen LogP contribution is 2.43. The van der Waals surface area contributed by atoms with Crippen LogP contribution in [0.5, 0.6) is 11.5 Å². The predicted molar refractivity (Wildman–Crippen MR) is 141 cm³/mol. The lowest BCUT2D eigenvalue weighted by atomic mass is 9.97. The molecule has 38 heavy (non-hydrogen) atoms. The van der Waals surface area contributed by atoms with Crippen LogP contribution >= 0.6 is 0 Å². The van der Waals surface area contributed by atoms with Crippen LogP contribution in [0.15, 0.2) is 69.9 Å². The second-order valence-electron chi connectivity index (χ2n) is 9.61. The highest BCUT2D eigenvalue weighted by Gasteiger charge is 2.44. The molecule has 0 spiro atoms. The summed E-state index contributed by atoms with van der Waals surface area (Å²) in [6.45, 7) is 6.00. The van der Waals surface area contributed by atoms with Gasteiger partial charge in [0.05, 0.1) is 30.7 Å². The van der Waals surface area contributed by atoms with Crippen molar-refractivity contribution in [2.24, 2.45) is 5.92 Å². The van der Waals surface area contributed by atoms with Crippen molar-refractivity contribution in [2.45, 2.75) is 26.8 Å². The van der Waals surface area contributed by atoms with E-state index < -0.39 is 23.2 Å². The monoisotopic (exact) mass is 515 g/mol. The van der Waals surface area contributed by atoms with Crippen LogP contribution in [-0.2, 0) is 0 Å². The molecule has 0 N–H and O–H groups in total. The number of halogens is 1. The van der Waals surface area contributed by atoms with Gasteiger partial charge in [-0.15, -0.1) is 0 Å². The summed E-state index contributed by atoms with van der Waals surface area (Å²) in [4.78, 5) is 40.7. The van der Waals surface area contributed by atoms with E-state index in [1.165, 1.54) is 31.1 Å². The zero-order valence-corrected chi connectivity index (χ0v) is 21.4. The smallest absolute Gasteiger partial charge is 0.295 e. The van der Waals surface area contributed by atoms with Crippen molar-refractivity contribution >= 4 is 28.3 Å². The van der Waals surface area contributed by atoms with Crippen LogP contribution < -0.4 is 19.8 Å². The molecule has 8 heteroatoms. The molecule has 0 fully saturated rings. The van der Waals surface area contributed by atoms with Crippen molar-refractivity contribution < 1.29 is 27.9 Å². The Labute approximate surface area is 218 Å². The summed E-state index contributed by atoms with van der Waals surface area (Å²) < 4.78 is 31.4. The van der Waals surface area contributed by atoms with Crippen LogP contribution in [0.25, 0.3) is 11.0 Å². The van der Waals surface area contributed by atoms with E-state index in [-0.39, 0.29) is 28.1 Å². The van der Waals surface area contributed by atoms with E-state index in [4.69, 9.17) is 13.9 Å². The van der Waals surface area contributed by atoms with Gasteiger partial charge < -0.3 is 13.9 Å². The summed E-state index contributed by atoms with van der Waals surface area (Å²) in [5.41, 5.74) is 1.24. The Morgan fingerprint density at radius 1 is 1.03 bits per heavy atom. The minimum absolute atomic E-state index is 0.0409. The van der Waals surface area contributed by atoms with Gasteiger partial charge in [-0.05, 0) is 73.0 Å². The maximum atomic E-state index is 14.1. The van der Waals surface area contributed by atoms with Gasteiger partial charge in [0.25, 0.3) is 5.91 Å². The Bertz CT molecular complexity index is 1620. The number of carbonyl (C=O) groups excluding carboxylic acids is 2. The molecule has 1 aliphatic heterocycles. The van der Waals surface area contributed by atoms with Gasteiger partial charge in [0.1, 0.15) is 11.4 Å². The minimum atomic E-state index is -0.891. The van der Waals surface area contributed by atoms with Gasteiger partial charge in [0, 0.05) is 11.3 Å². The van der Waals surface area contributed by atoms with Crippen LogP contribution in [0.2, 0.25) is 0 Å². The Kier molecular flexibility index (Phi) is 6.48. The maximum Gasteiger partial charge on any atom is 0.295 e. The summed E-state index contributed by atoms with van der Waals surface area (Å²) in [5.74, 6) is -0.0828. The van der Waals surface area contributed by atoms with Crippen LogP contribution in [0.4, 0.5) is 10.1 Å². The Hall–Kier alpha value is -4.46. The summed E-state index contributed by atoms with van der Waals surface area (Å²) in [6, 6.07) is 14.5. The molecule has 3 aromatic carbocycles. The van der Waals surface area contributed by atoms with E-state index in [0.29, 0.717) is 40.8 Å². The lowest BCUT2D eigenvalue weighted by molar-refractivity contribution is 0.0970. The number of Topliss-reactive ketones (excluding diaryl/α,β-unsaturated/α-hetero) is 1. The van der Waals surface area contributed by atoms with Gasteiger partial charge in [0.15, 0.2) is 22.7 Å². The number of ether oxygens (including phenoxy) is 2. The van der Waals surface area contributed by atoms with Crippen LogP contribution in [0.3, 0.4) is 0 Å². The van der Waals surface area contributed by atoms with Crippen molar-refractivity contribution in [1.29, 1.82) is 0 Å². The molecule has 1 atom stereocenters. The Balaban J connectivity index is 1.72. The number of anilines is 1. The molecule has 0 saturated heterocycles. The highest BCUT2D eigenvalue weighted by atomic mass is 19.1. The van der Waals surface area contributed by atoms with Crippen LogP contribution in [-0.4, -0.2) is 25.4 Å². The van der Waals surface area contributed by atoms with Crippen molar-refractivity contribution in [1.82, 2.24) is 0 Å². The topological polar surface area (TPSA) is 86.0 Å². The lowest BCUT2D eigenvalue weighted by Crippen LogP contribution is -2.29. The van der Waals surface area contributed by atoms with Gasteiger partial charge in [-0.1, -0.05) is 19.9 Å². The van der Waals surface area contributed by atoms with Crippen LogP contribution in [0, 0.1) is 11.7 Å². The van der Waals surface area contributed by atoms with E-state index in [2.05, 4.69) is 0 Å². The molecule has 1 unspecified atom stereocenters. The minimum Gasteiger partial charge on any atom is -0.493 e. The van der Waals surface area contributed by atoms with Gasteiger partial charge in [0.2, 0.25) is 5.76 Å². The summed E-state index contributed by atoms with van der Waals surface area (Å²) in [7, 11) is 1.51. The maximum absolute atomic E-state index is 14.1. The number of hydrogen-bond acceptors (Lipinski definition) is 6. The molecular weight excluding hydrogens is 489 g/mol. The summed E-state index contributed by atoms with van der Waals surface area (Å²) in [5, 5.41) is 0.0409. The number of fused-ring (bicyclic) bond motifs is 2. The van der Waals surface area contributed by atoms with Crippen molar-refractivity contribution in [3.63, 3.8) is 0 Å². The molecule has 7 nitrogen and oxygen atoms in total. The third kappa shape index (κ3) is 4.32. The van der Waals surface area contributed by atoms with Gasteiger partial charge in [-0.2, -0.15) is 0 Å². The third-order valence-corrected chi connectivity index (χ3v) is 6.46. The number of ketones is 1. The molecule has 2 heterocycles. The molecule has 1 aromatic heterocycles. The second kappa shape index (κ2) is 9.78. The fraction of sp³-hybridized carbons (Fsp3) is 0.233. The number of hydrogen-bond donors (Lipinski definition) is 0. The molecule has 194 valence electrons. The molecule has 4 aromatic rings. The summed E-state index contributed by atoms with van der Waals surface area (Å²) in [6.07, 6.45) is 0. The molecule has 0 bridgehead atoms. The SMILES string of the molecule is COc1cc(C2c3c(oc4ccc(F)cc4c3=O)C(=O)N2c2ccc(C(C)=O)cc2)ccc1OCC(C)C. The van der Waals surface area contributed by atoms with Crippen molar-refractivity contribution in [3.05, 3.63) is 99.2 Å². The first kappa shape index (κ1) is 25.2. The Morgan fingerprint density at radius 3 is 2.42 bits per heavy atom. The van der Waals surface area contributed by atoms with Gasteiger partial charge in [-0.25, -0.2) is 4.39 Å². The number of benzene rings is 3. The number of carbonyl (C=O) groups is 2.